The highest BCUT2D eigenvalue weighted by atomic mass is 32.2. The van der Waals surface area contributed by atoms with Gasteiger partial charge in [0.05, 0.1) is 23.4 Å². The molecule has 1 unspecified atom stereocenters. The number of hydroxylamine groups is 1. The molecule has 0 aliphatic carbocycles. The van der Waals surface area contributed by atoms with E-state index in [9.17, 15) is 17.6 Å². The van der Waals surface area contributed by atoms with Crippen molar-refractivity contribution in [3.63, 3.8) is 0 Å². The molecule has 10 nitrogen and oxygen atoms in total. The zero-order valence-corrected chi connectivity index (χ0v) is 18.9. The Morgan fingerprint density at radius 2 is 2.09 bits per heavy atom. The minimum atomic E-state index is -4.14. The number of fused-ring (bicyclic) bond motifs is 1. The molecule has 3 N–H and O–H groups in total. The number of benzene rings is 1. The van der Waals surface area contributed by atoms with Gasteiger partial charge in [-0.3, -0.25) is 14.7 Å². The molecule has 5 rings (SSSR count). The van der Waals surface area contributed by atoms with E-state index in [1.165, 1.54) is 29.7 Å². The summed E-state index contributed by atoms with van der Waals surface area (Å²) in [5.74, 6) is -1.34. The zero-order chi connectivity index (χ0) is 23.9. The van der Waals surface area contributed by atoms with Crippen LogP contribution in [0.15, 0.2) is 45.8 Å². The van der Waals surface area contributed by atoms with E-state index in [0.29, 0.717) is 37.5 Å². The number of rotatable bonds is 5. The monoisotopic (exact) mass is 490 g/mol. The number of furan rings is 1. The van der Waals surface area contributed by atoms with Crippen molar-refractivity contribution >= 4 is 38.4 Å². The van der Waals surface area contributed by atoms with Crippen LogP contribution < -0.4 is 15.1 Å². The molecule has 1 aromatic carbocycles. The first kappa shape index (κ1) is 22.6. The molecule has 1 amide bonds. The maximum atomic E-state index is 14.1. The van der Waals surface area contributed by atoms with Gasteiger partial charge in [-0.05, 0) is 37.5 Å². The fraction of sp³-hybridized carbons (Fsp3) is 0.364. The van der Waals surface area contributed by atoms with Gasteiger partial charge in [0.25, 0.3) is 10.0 Å². The molecule has 1 atom stereocenters. The van der Waals surface area contributed by atoms with Crippen molar-refractivity contribution in [2.45, 2.75) is 24.2 Å². The first-order valence-corrected chi connectivity index (χ1v) is 12.3. The molecule has 3 aromatic rings. The lowest BCUT2D eigenvalue weighted by Crippen LogP contribution is -2.44. The number of amides is 1. The maximum Gasteiger partial charge on any atom is 0.310 e. The van der Waals surface area contributed by atoms with Gasteiger partial charge >= 0.3 is 5.91 Å². The summed E-state index contributed by atoms with van der Waals surface area (Å²) in [6.45, 7) is 2.66. The van der Waals surface area contributed by atoms with E-state index in [1.54, 1.807) is 0 Å². The molecule has 0 bridgehead atoms. The molecular formula is C22H23FN4O6S. The number of ether oxygens (including phenoxy) is 1. The van der Waals surface area contributed by atoms with Crippen LogP contribution in [-0.4, -0.2) is 50.8 Å². The number of carbonyl (C=O) groups is 1. The Hall–Kier alpha value is -3.22. The van der Waals surface area contributed by atoms with Gasteiger partial charge in [0, 0.05) is 42.6 Å². The summed E-state index contributed by atoms with van der Waals surface area (Å²) in [7, 11) is -4.14. The summed E-state index contributed by atoms with van der Waals surface area (Å²) < 4.78 is 53.9. The summed E-state index contributed by atoms with van der Waals surface area (Å²) in [6.07, 6.45) is 3.91. The van der Waals surface area contributed by atoms with E-state index in [4.69, 9.17) is 14.4 Å². The van der Waals surface area contributed by atoms with Gasteiger partial charge in [0.1, 0.15) is 11.4 Å². The average Bonchev–Trinajstić information content (AvgIpc) is 3.45. The van der Waals surface area contributed by atoms with E-state index < -0.39 is 21.7 Å². The van der Waals surface area contributed by atoms with Crippen molar-refractivity contribution < 1.29 is 32.0 Å². The van der Waals surface area contributed by atoms with Crippen LogP contribution in [-0.2, 0) is 14.8 Å². The summed E-state index contributed by atoms with van der Waals surface area (Å²) in [4.78, 5) is 17.6. The Morgan fingerprint density at radius 1 is 1.24 bits per heavy atom. The number of hydrogen-bond donors (Lipinski definition) is 3. The number of aromatic nitrogens is 1. The molecule has 34 heavy (non-hydrogen) atoms. The fourth-order valence-corrected chi connectivity index (χ4v) is 5.74. The molecule has 180 valence electrons. The molecule has 2 aliphatic rings. The highest BCUT2D eigenvalue weighted by Crippen LogP contribution is 2.40. The highest BCUT2D eigenvalue weighted by Gasteiger charge is 2.40. The molecule has 12 heteroatoms. The van der Waals surface area contributed by atoms with Crippen LogP contribution in [0.25, 0.3) is 11.0 Å². The van der Waals surface area contributed by atoms with Crippen molar-refractivity contribution in [1.29, 1.82) is 0 Å². The number of hydrogen-bond acceptors (Lipinski definition) is 8. The Kier molecular flexibility index (Phi) is 5.66. The first-order chi connectivity index (χ1) is 16.3. The Balaban J connectivity index is 1.45. The molecule has 2 fully saturated rings. The van der Waals surface area contributed by atoms with Gasteiger partial charge in [0.2, 0.25) is 0 Å². The second-order valence-electron chi connectivity index (χ2n) is 8.71. The van der Waals surface area contributed by atoms with Crippen molar-refractivity contribution in [1.82, 2.24) is 10.5 Å². The minimum absolute atomic E-state index is 0.00659. The largest absolute Gasteiger partial charge is 0.451 e. The number of halogens is 1. The van der Waals surface area contributed by atoms with Gasteiger partial charge in [-0.1, -0.05) is 0 Å². The number of pyridine rings is 1. The normalized spacial score (nSPS) is 20.7. The molecule has 2 aliphatic heterocycles. The number of carbonyl (C=O) groups excluding carboxylic acids is 1. The van der Waals surface area contributed by atoms with Gasteiger partial charge in [0.15, 0.2) is 11.6 Å². The number of anilines is 2. The molecule has 4 heterocycles. The smallest absolute Gasteiger partial charge is 0.310 e. The number of nitrogens with zero attached hydrogens (tertiary/aromatic N) is 2. The van der Waals surface area contributed by atoms with E-state index in [1.807, 2.05) is 4.90 Å². The molecule has 2 saturated heterocycles. The molecule has 0 saturated carbocycles. The van der Waals surface area contributed by atoms with Gasteiger partial charge in [-0.15, -0.1) is 0 Å². The lowest BCUT2D eigenvalue weighted by atomic mass is 9.79. The molecule has 2 aromatic heterocycles. The van der Waals surface area contributed by atoms with E-state index >= 15 is 0 Å². The first-order valence-electron chi connectivity index (χ1n) is 10.8. The van der Waals surface area contributed by atoms with Gasteiger partial charge in [-0.2, -0.15) is 0 Å². The summed E-state index contributed by atoms with van der Waals surface area (Å²) in [5, 5.41) is 9.25. The van der Waals surface area contributed by atoms with Gasteiger partial charge < -0.3 is 14.1 Å². The van der Waals surface area contributed by atoms with E-state index in [0.717, 1.165) is 31.5 Å². The molecule has 1 spiro atoms. The Bertz CT molecular complexity index is 1350. The van der Waals surface area contributed by atoms with Crippen LogP contribution in [0.3, 0.4) is 0 Å². The topological polar surface area (TPSA) is 134 Å². The van der Waals surface area contributed by atoms with E-state index in [-0.39, 0.29) is 27.3 Å². The number of piperidine rings is 1. The van der Waals surface area contributed by atoms with E-state index in [2.05, 4.69) is 9.71 Å². The lowest BCUT2D eigenvalue weighted by molar-refractivity contribution is 0.0678. The van der Waals surface area contributed by atoms with Crippen molar-refractivity contribution in [3.05, 3.63) is 48.1 Å². The van der Waals surface area contributed by atoms with Crippen molar-refractivity contribution in [2.24, 2.45) is 5.41 Å². The van der Waals surface area contributed by atoms with Crippen LogP contribution in [0, 0.1) is 11.2 Å². The third kappa shape index (κ3) is 4.19. The molecular weight excluding hydrogens is 467 g/mol. The van der Waals surface area contributed by atoms with Crippen LogP contribution in [0.4, 0.5) is 15.9 Å². The fourth-order valence-electron chi connectivity index (χ4n) is 4.67. The second kappa shape index (κ2) is 8.53. The zero-order valence-electron chi connectivity index (χ0n) is 18.1. The predicted octanol–water partition coefficient (Wildman–Crippen LogP) is 2.89. The summed E-state index contributed by atoms with van der Waals surface area (Å²) in [5.41, 5.74) is 1.63. The number of nitrogens with one attached hydrogen (secondary N) is 2. The predicted molar refractivity (Wildman–Crippen MR) is 120 cm³/mol. The average molecular weight is 491 g/mol. The minimum Gasteiger partial charge on any atom is -0.451 e. The van der Waals surface area contributed by atoms with Crippen LogP contribution in [0.1, 0.15) is 29.8 Å². The van der Waals surface area contributed by atoms with Gasteiger partial charge in [-0.25, -0.2) is 23.3 Å². The lowest BCUT2D eigenvalue weighted by Gasteiger charge is -2.40. The number of sulfonamides is 1. The van der Waals surface area contributed by atoms with Crippen LogP contribution in [0.5, 0.6) is 0 Å². The maximum absolute atomic E-state index is 14.1. The quantitative estimate of drug-likeness (QED) is 0.367. The third-order valence-corrected chi connectivity index (χ3v) is 7.71. The SMILES string of the molecule is O=C(NO)c1cc2ccc(S(=O)(=O)Nc3cc(F)cnc3N3CCCC4(CCOC4)C3)cc2o1. The third-order valence-electron chi connectivity index (χ3n) is 6.35. The van der Waals surface area contributed by atoms with Crippen molar-refractivity contribution in [3.8, 4) is 0 Å². The highest BCUT2D eigenvalue weighted by molar-refractivity contribution is 7.92. The summed E-state index contributed by atoms with van der Waals surface area (Å²) >= 11 is 0. The van der Waals surface area contributed by atoms with Crippen LogP contribution >= 0.6 is 0 Å². The summed E-state index contributed by atoms with van der Waals surface area (Å²) in [6, 6.07) is 6.56. The van der Waals surface area contributed by atoms with Crippen LogP contribution in [0.2, 0.25) is 0 Å². The molecule has 0 radical (unpaired) electrons. The standard InChI is InChI=1S/C22H23FN4O6S/c23-15-9-17(20(24-11-15)27-6-1-4-22(12-27)5-7-32-13-22)26-34(30,31)16-3-2-14-8-19(21(28)25-29)33-18(14)10-16/h2-3,8-11,26,29H,1,4-7,12-13H2,(H,25,28). The Morgan fingerprint density at radius 3 is 2.85 bits per heavy atom. The Labute approximate surface area is 194 Å². The van der Waals surface area contributed by atoms with Crippen molar-refractivity contribution in [2.75, 3.05) is 35.9 Å². The second-order valence-corrected chi connectivity index (χ2v) is 10.4.